The summed E-state index contributed by atoms with van der Waals surface area (Å²) in [6, 6.07) is 11.6. The van der Waals surface area contributed by atoms with E-state index in [0.717, 1.165) is 18.1 Å². The predicted octanol–water partition coefficient (Wildman–Crippen LogP) is 2.16. The van der Waals surface area contributed by atoms with E-state index in [1.165, 1.54) is 0 Å². The third-order valence-electron chi connectivity index (χ3n) is 2.72. The van der Waals surface area contributed by atoms with Crippen molar-refractivity contribution in [2.75, 3.05) is 11.9 Å². The summed E-state index contributed by atoms with van der Waals surface area (Å²) in [5.41, 5.74) is 1.55. The van der Waals surface area contributed by atoms with Gasteiger partial charge < -0.3 is 5.32 Å². The molecule has 0 saturated carbocycles. The van der Waals surface area contributed by atoms with Crippen molar-refractivity contribution in [1.29, 1.82) is 0 Å². The molecule has 6 heteroatoms. The highest BCUT2D eigenvalue weighted by Crippen LogP contribution is 2.14. The Morgan fingerprint density at radius 1 is 1.15 bits per heavy atom. The molecular formula is C14H14N6. The molecule has 0 atom stereocenters. The molecule has 0 fully saturated rings. The summed E-state index contributed by atoms with van der Waals surface area (Å²) in [7, 11) is 0. The van der Waals surface area contributed by atoms with E-state index in [4.69, 9.17) is 0 Å². The normalized spacial score (nSPS) is 10.4. The number of aromatic nitrogens is 5. The first kappa shape index (κ1) is 12.3. The number of nitrogens with one attached hydrogen (secondary N) is 1. The van der Waals surface area contributed by atoms with Crippen molar-refractivity contribution in [3.8, 4) is 17.2 Å². The van der Waals surface area contributed by atoms with Crippen molar-refractivity contribution >= 4 is 5.82 Å². The molecule has 2 heterocycles. The molecule has 0 radical (unpaired) electrons. The first-order chi connectivity index (χ1) is 9.86. The highest BCUT2D eigenvalue weighted by atomic mass is 15.5. The van der Waals surface area contributed by atoms with E-state index in [2.05, 4.69) is 25.5 Å². The number of benzene rings is 1. The first-order valence-electron chi connectivity index (χ1n) is 6.42. The zero-order valence-corrected chi connectivity index (χ0v) is 11.1. The molecule has 100 valence electrons. The zero-order chi connectivity index (χ0) is 13.8. The summed E-state index contributed by atoms with van der Waals surface area (Å²) in [4.78, 5) is 10.2. The molecule has 20 heavy (non-hydrogen) atoms. The molecule has 0 aliphatic rings. The van der Waals surface area contributed by atoms with Crippen LogP contribution in [0.5, 0.6) is 0 Å². The number of nitrogens with zero attached hydrogens (tertiary/aromatic N) is 5. The van der Waals surface area contributed by atoms with Crippen LogP contribution in [0.3, 0.4) is 0 Å². The number of anilines is 1. The van der Waals surface area contributed by atoms with Crippen LogP contribution in [-0.4, -0.2) is 31.5 Å². The minimum Gasteiger partial charge on any atom is -0.370 e. The SMILES string of the molecule is CCNc1ccnc(-c2cnn(-c3ccccc3)n2)n1. The van der Waals surface area contributed by atoms with Crippen LogP contribution in [0, 0.1) is 0 Å². The molecule has 1 aromatic carbocycles. The lowest BCUT2D eigenvalue weighted by atomic mass is 10.3. The molecule has 0 amide bonds. The summed E-state index contributed by atoms with van der Waals surface area (Å²) < 4.78 is 0. The fourth-order valence-corrected chi connectivity index (χ4v) is 1.81. The van der Waals surface area contributed by atoms with Crippen LogP contribution in [0.2, 0.25) is 0 Å². The van der Waals surface area contributed by atoms with E-state index in [1.807, 2.05) is 43.3 Å². The molecule has 3 rings (SSSR count). The lowest BCUT2D eigenvalue weighted by molar-refractivity contribution is 0.752. The van der Waals surface area contributed by atoms with Crippen molar-refractivity contribution in [1.82, 2.24) is 25.0 Å². The smallest absolute Gasteiger partial charge is 0.183 e. The third kappa shape index (κ3) is 2.49. The van der Waals surface area contributed by atoms with Gasteiger partial charge in [0.05, 0.1) is 11.9 Å². The molecule has 0 bridgehead atoms. The first-order valence-corrected chi connectivity index (χ1v) is 6.42. The molecule has 0 unspecified atom stereocenters. The van der Waals surface area contributed by atoms with Gasteiger partial charge in [0.15, 0.2) is 11.5 Å². The zero-order valence-electron chi connectivity index (χ0n) is 11.1. The fourth-order valence-electron chi connectivity index (χ4n) is 1.81. The second-order valence-electron chi connectivity index (χ2n) is 4.15. The van der Waals surface area contributed by atoms with E-state index >= 15 is 0 Å². The number of para-hydroxylation sites is 1. The van der Waals surface area contributed by atoms with Crippen molar-refractivity contribution < 1.29 is 0 Å². The third-order valence-corrected chi connectivity index (χ3v) is 2.72. The monoisotopic (exact) mass is 266 g/mol. The Balaban J connectivity index is 1.92. The molecular weight excluding hydrogens is 252 g/mol. The molecule has 1 N–H and O–H groups in total. The Morgan fingerprint density at radius 2 is 2.00 bits per heavy atom. The van der Waals surface area contributed by atoms with E-state index in [0.29, 0.717) is 11.5 Å². The Labute approximate surface area is 116 Å². The minimum absolute atomic E-state index is 0.561. The predicted molar refractivity (Wildman–Crippen MR) is 76.5 cm³/mol. The van der Waals surface area contributed by atoms with Crippen LogP contribution in [0.15, 0.2) is 48.8 Å². The van der Waals surface area contributed by atoms with Crippen LogP contribution in [0.1, 0.15) is 6.92 Å². The summed E-state index contributed by atoms with van der Waals surface area (Å²) >= 11 is 0. The molecule has 3 aromatic rings. The number of rotatable bonds is 4. The molecule has 0 spiro atoms. The Kier molecular flexibility index (Phi) is 3.36. The van der Waals surface area contributed by atoms with Gasteiger partial charge in [-0.1, -0.05) is 18.2 Å². The maximum Gasteiger partial charge on any atom is 0.183 e. The Morgan fingerprint density at radius 3 is 2.80 bits per heavy atom. The highest BCUT2D eigenvalue weighted by Gasteiger charge is 2.08. The maximum absolute atomic E-state index is 4.40. The largest absolute Gasteiger partial charge is 0.370 e. The molecule has 0 saturated heterocycles. The van der Waals surface area contributed by atoms with E-state index in [-0.39, 0.29) is 0 Å². The van der Waals surface area contributed by atoms with Gasteiger partial charge in [0.2, 0.25) is 0 Å². The van der Waals surface area contributed by atoms with Crippen LogP contribution in [0.25, 0.3) is 17.2 Å². The maximum atomic E-state index is 4.40. The van der Waals surface area contributed by atoms with Gasteiger partial charge in [-0.05, 0) is 25.1 Å². The average Bonchev–Trinajstić information content (AvgIpc) is 2.99. The van der Waals surface area contributed by atoms with Crippen LogP contribution in [0.4, 0.5) is 5.82 Å². The van der Waals surface area contributed by atoms with E-state index in [1.54, 1.807) is 17.2 Å². The van der Waals surface area contributed by atoms with Gasteiger partial charge in [-0.15, -0.1) is 5.10 Å². The van der Waals surface area contributed by atoms with Gasteiger partial charge in [-0.3, -0.25) is 0 Å². The number of hydrogen-bond acceptors (Lipinski definition) is 5. The van der Waals surface area contributed by atoms with Crippen molar-refractivity contribution in [2.45, 2.75) is 6.92 Å². The van der Waals surface area contributed by atoms with Crippen LogP contribution < -0.4 is 5.32 Å². The van der Waals surface area contributed by atoms with Gasteiger partial charge in [0, 0.05) is 12.7 Å². The summed E-state index contributed by atoms with van der Waals surface area (Å²) in [5, 5.41) is 11.8. The quantitative estimate of drug-likeness (QED) is 0.783. The molecule has 0 aliphatic carbocycles. The summed E-state index contributed by atoms with van der Waals surface area (Å²) in [5.74, 6) is 1.34. The van der Waals surface area contributed by atoms with Crippen molar-refractivity contribution in [2.24, 2.45) is 0 Å². The lowest BCUT2D eigenvalue weighted by Gasteiger charge is -2.02. The molecule has 0 aliphatic heterocycles. The van der Waals surface area contributed by atoms with Crippen LogP contribution in [-0.2, 0) is 0 Å². The fraction of sp³-hybridized carbons (Fsp3) is 0.143. The van der Waals surface area contributed by atoms with Gasteiger partial charge in [-0.25, -0.2) is 9.97 Å². The Bertz CT molecular complexity index is 692. The van der Waals surface area contributed by atoms with Crippen molar-refractivity contribution in [3.63, 3.8) is 0 Å². The summed E-state index contributed by atoms with van der Waals surface area (Å²) in [6.07, 6.45) is 3.37. The molecule has 2 aromatic heterocycles. The van der Waals surface area contributed by atoms with Gasteiger partial charge in [0.1, 0.15) is 5.82 Å². The van der Waals surface area contributed by atoms with Crippen LogP contribution >= 0.6 is 0 Å². The minimum atomic E-state index is 0.561. The Hall–Kier alpha value is -2.76. The highest BCUT2D eigenvalue weighted by molar-refractivity contribution is 5.50. The summed E-state index contributed by atoms with van der Waals surface area (Å²) in [6.45, 7) is 2.83. The van der Waals surface area contributed by atoms with E-state index in [9.17, 15) is 0 Å². The van der Waals surface area contributed by atoms with Gasteiger partial charge in [0.25, 0.3) is 0 Å². The lowest BCUT2D eigenvalue weighted by Crippen LogP contribution is -2.01. The van der Waals surface area contributed by atoms with E-state index < -0.39 is 0 Å². The standard InChI is InChI=1S/C14H14N6/c1-2-15-13-8-9-16-14(18-13)12-10-17-20(19-12)11-6-4-3-5-7-11/h3-10H,2H2,1H3,(H,15,16,18). The van der Waals surface area contributed by atoms with Gasteiger partial charge in [-0.2, -0.15) is 9.90 Å². The average molecular weight is 266 g/mol. The van der Waals surface area contributed by atoms with Gasteiger partial charge >= 0.3 is 0 Å². The van der Waals surface area contributed by atoms with Crippen molar-refractivity contribution in [3.05, 3.63) is 48.8 Å². The topological polar surface area (TPSA) is 68.5 Å². The number of hydrogen-bond donors (Lipinski definition) is 1. The molecule has 6 nitrogen and oxygen atoms in total. The second kappa shape index (κ2) is 5.48. The second-order valence-corrected chi connectivity index (χ2v) is 4.15.